The van der Waals surface area contributed by atoms with E-state index in [1.165, 1.54) is 18.4 Å². The van der Waals surface area contributed by atoms with Gasteiger partial charge in [-0.25, -0.2) is 0 Å². The fourth-order valence-electron chi connectivity index (χ4n) is 3.14. The van der Waals surface area contributed by atoms with Gasteiger partial charge in [0.25, 0.3) is 5.91 Å². The maximum atomic E-state index is 12.6. The highest BCUT2D eigenvalue weighted by Gasteiger charge is 2.22. The lowest BCUT2D eigenvalue weighted by Gasteiger charge is -2.22. The van der Waals surface area contributed by atoms with Crippen LogP contribution in [-0.4, -0.2) is 54.6 Å². The number of amides is 2. The summed E-state index contributed by atoms with van der Waals surface area (Å²) in [4.78, 5) is 37.2. The Kier molecular flexibility index (Phi) is 7.59. The highest BCUT2D eigenvalue weighted by Crippen LogP contribution is 2.25. The average Bonchev–Trinajstić information content (AvgIpc) is 2.65. The van der Waals surface area contributed by atoms with Crippen molar-refractivity contribution in [1.29, 1.82) is 0 Å². The molecule has 142 valence electrons. The van der Waals surface area contributed by atoms with E-state index in [0.29, 0.717) is 11.3 Å². The molecule has 1 aliphatic carbocycles. The summed E-state index contributed by atoms with van der Waals surface area (Å²) in [6.07, 6.45) is 5.11. The number of hydrogen-bond donors (Lipinski definition) is 2. The topological polar surface area (TPSA) is 95.9 Å². The number of rotatable bonds is 8. The lowest BCUT2D eigenvalue weighted by Crippen LogP contribution is -2.38. The van der Waals surface area contributed by atoms with E-state index in [1.807, 2.05) is 0 Å². The largest absolute Gasteiger partial charge is 0.480 e. The molecule has 1 saturated carbocycles. The molecule has 1 aromatic carbocycles. The molecule has 2 rings (SSSR count). The van der Waals surface area contributed by atoms with E-state index in [4.69, 9.17) is 9.84 Å². The fourth-order valence-corrected chi connectivity index (χ4v) is 3.14. The number of carbonyl (C=O) groups is 3. The second kappa shape index (κ2) is 9.91. The van der Waals surface area contributed by atoms with Gasteiger partial charge in [0.2, 0.25) is 5.91 Å². The lowest BCUT2D eigenvalue weighted by molar-refractivity contribution is -0.137. The van der Waals surface area contributed by atoms with Crippen LogP contribution < -0.4 is 5.32 Å². The second-order valence-corrected chi connectivity index (χ2v) is 6.52. The summed E-state index contributed by atoms with van der Waals surface area (Å²) in [5.74, 6) is -1.49. The highest BCUT2D eigenvalue weighted by atomic mass is 16.5. The average molecular weight is 362 g/mol. The van der Waals surface area contributed by atoms with Gasteiger partial charge in [0.15, 0.2) is 0 Å². The Labute approximate surface area is 153 Å². The molecule has 1 fully saturated rings. The van der Waals surface area contributed by atoms with Gasteiger partial charge in [0, 0.05) is 30.8 Å². The zero-order valence-electron chi connectivity index (χ0n) is 15.1. The molecule has 2 amide bonds. The first-order chi connectivity index (χ1) is 12.5. The summed E-state index contributed by atoms with van der Waals surface area (Å²) in [6.45, 7) is 0.0261. The number of methoxy groups -OCH3 is 1. The van der Waals surface area contributed by atoms with Crippen molar-refractivity contribution in [2.24, 2.45) is 5.92 Å². The number of carbonyl (C=O) groups excluding carboxylic acids is 2. The predicted octanol–water partition coefficient (Wildman–Crippen LogP) is 2.38. The van der Waals surface area contributed by atoms with Crippen LogP contribution in [0, 0.1) is 5.92 Å². The first-order valence-electron chi connectivity index (χ1n) is 8.92. The Balaban J connectivity index is 2.06. The van der Waals surface area contributed by atoms with Crippen molar-refractivity contribution in [2.45, 2.75) is 32.1 Å². The van der Waals surface area contributed by atoms with E-state index in [9.17, 15) is 14.4 Å². The van der Waals surface area contributed by atoms with E-state index >= 15 is 0 Å². The number of aliphatic carboxylic acids is 1. The van der Waals surface area contributed by atoms with Crippen LogP contribution in [-0.2, 0) is 14.3 Å². The van der Waals surface area contributed by atoms with Crippen molar-refractivity contribution in [1.82, 2.24) is 4.90 Å². The Hall–Kier alpha value is -2.41. The number of benzene rings is 1. The SMILES string of the molecule is COCCN(CC(=O)O)C(=O)c1cccc(NC(=O)C2CCCCC2)c1. The third-order valence-corrected chi connectivity index (χ3v) is 4.53. The third-order valence-electron chi connectivity index (χ3n) is 4.53. The molecule has 0 aromatic heterocycles. The first-order valence-corrected chi connectivity index (χ1v) is 8.92. The Morgan fingerprint density at radius 1 is 1.23 bits per heavy atom. The van der Waals surface area contributed by atoms with Crippen LogP contribution in [0.25, 0.3) is 0 Å². The summed E-state index contributed by atoms with van der Waals surface area (Å²) < 4.78 is 4.94. The van der Waals surface area contributed by atoms with Gasteiger partial charge in [-0.3, -0.25) is 14.4 Å². The van der Waals surface area contributed by atoms with Crippen LogP contribution in [0.2, 0.25) is 0 Å². The van der Waals surface area contributed by atoms with Crippen LogP contribution in [0.1, 0.15) is 42.5 Å². The van der Waals surface area contributed by atoms with E-state index < -0.39 is 18.4 Å². The summed E-state index contributed by atoms with van der Waals surface area (Å²) in [5, 5.41) is 11.9. The minimum absolute atomic E-state index is 0.0175. The van der Waals surface area contributed by atoms with Crippen LogP contribution in [0.15, 0.2) is 24.3 Å². The van der Waals surface area contributed by atoms with Gasteiger partial charge in [-0.15, -0.1) is 0 Å². The van der Waals surface area contributed by atoms with E-state index in [-0.39, 0.29) is 25.0 Å². The summed E-state index contributed by atoms with van der Waals surface area (Å²) >= 11 is 0. The molecule has 0 unspecified atom stereocenters. The maximum absolute atomic E-state index is 12.6. The molecule has 0 bridgehead atoms. The van der Waals surface area contributed by atoms with Crippen molar-refractivity contribution >= 4 is 23.5 Å². The Morgan fingerprint density at radius 3 is 2.62 bits per heavy atom. The molecule has 1 aliphatic rings. The van der Waals surface area contributed by atoms with E-state index in [0.717, 1.165) is 25.7 Å². The monoisotopic (exact) mass is 362 g/mol. The number of hydrogen-bond acceptors (Lipinski definition) is 4. The van der Waals surface area contributed by atoms with Gasteiger partial charge in [-0.05, 0) is 31.0 Å². The number of carboxylic acid groups (broad SMARTS) is 1. The second-order valence-electron chi connectivity index (χ2n) is 6.52. The van der Waals surface area contributed by atoms with Crippen molar-refractivity contribution < 1.29 is 24.2 Å². The van der Waals surface area contributed by atoms with Crippen molar-refractivity contribution in [3.8, 4) is 0 Å². The molecule has 26 heavy (non-hydrogen) atoms. The maximum Gasteiger partial charge on any atom is 0.323 e. The van der Waals surface area contributed by atoms with Crippen molar-refractivity contribution in [3.05, 3.63) is 29.8 Å². The number of anilines is 1. The molecule has 0 radical (unpaired) electrons. The van der Waals surface area contributed by atoms with Gasteiger partial charge >= 0.3 is 5.97 Å². The van der Waals surface area contributed by atoms with Crippen molar-refractivity contribution in [2.75, 3.05) is 32.1 Å². The molecule has 0 aliphatic heterocycles. The lowest BCUT2D eigenvalue weighted by atomic mass is 9.88. The highest BCUT2D eigenvalue weighted by molar-refractivity contribution is 5.98. The molecule has 0 spiro atoms. The summed E-state index contributed by atoms with van der Waals surface area (Å²) in [6, 6.07) is 6.61. The molecule has 2 N–H and O–H groups in total. The van der Waals surface area contributed by atoms with Gasteiger partial charge in [0.1, 0.15) is 6.54 Å². The number of nitrogens with one attached hydrogen (secondary N) is 1. The molecule has 1 aromatic rings. The fraction of sp³-hybridized carbons (Fsp3) is 0.526. The van der Waals surface area contributed by atoms with E-state index in [2.05, 4.69) is 5.32 Å². The van der Waals surface area contributed by atoms with Gasteiger partial charge < -0.3 is 20.1 Å². The quantitative estimate of drug-likeness (QED) is 0.740. The molecule has 0 atom stereocenters. The number of ether oxygens (including phenoxy) is 1. The van der Waals surface area contributed by atoms with Crippen LogP contribution in [0.5, 0.6) is 0 Å². The van der Waals surface area contributed by atoms with Gasteiger partial charge in [0.05, 0.1) is 6.61 Å². The Morgan fingerprint density at radius 2 is 1.96 bits per heavy atom. The molecule has 7 heteroatoms. The molecule has 7 nitrogen and oxygen atoms in total. The number of carboxylic acids is 1. The van der Waals surface area contributed by atoms with Crippen LogP contribution in [0.4, 0.5) is 5.69 Å². The standard InChI is InChI=1S/C19H26N2O5/c1-26-11-10-21(13-17(22)23)19(25)15-8-5-9-16(12-15)20-18(24)14-6-3-2-4-7-14/h5,8-9,12,14H,2-4,6-7,10-11,13H2,1H3,(H,20,24)(H,22,23). The van der Waals surface area contributed by atoms with Crippen molar-refractivity contribution in [3.63, 3.8) is 0 Å². The molecule has 0 heterocycles. The molecular weight excluding hydrogens is 336 g/mol. The zero-order chi connectivity index (χ0) is 18.9. The minimum atomic E-state index is -1.09. The Bertz CT molecular complexity index is 641. The first kappa shape index (κ1) is 19.9. The summed E-state index contributed by atoms with van der Waals surface area (Å²) in [5.41, 5.74) is 0.886. The molecule has 0 saturated heterocycles. The third kappa shape index (κ3) is 5.84. The van der Waals surface area contributed by atoms with Gasteiger partial charge in [-0.1, -0.05) is 25.3 Å². The van der Waals surface area contributed by atoms with E-state index in [1.54, 1.807) is 24.3 Å². The minimum Gasteiger partial charge on any atom is -0.480 e. The van der Waals surface area contributed by atoms with Crippen LogP contribution in [0.3, 0.4) is 0 Å². The van der Waals surface area contributed by atoms with Gasteiger partial charge in [-0.2, -0.15) is 0 Å². The normalized spacial score (nSPS) is 14.7. The molecular formula is C19H26N2O5. The zero-order valence-corrected chi connectivity index (χ0v) is 15.1. The number of nitrogens with zero attached hydrogens (tertiary/aromatic N) is 1. The summed E-state index contributed by atoms with van der Waals surface area (Å²) in [7, 11) is 1.49. The predicted molar refractivity (Wildman–Crippen MR) is 97.1 cm³/mol. The van der Waals surface area contributed by atoms with Crippen LogP contribution >= 0.6 is 0 Å². The smallest absolute Gasteiger partial charge is 0.323 e.